The second kappa shape index (κ2) is 54.5. The Balaban J connectivity index is 1.13. The van der Waals surface area contributed by atoms with E-state index in [1.165, 1.54) is 113 Å². The first-order valence-electron chi connectivity index (χ1n) is 47.0. The molecule has 0 fully saturated rings. The third-order valence-corrected chi connectivity index (χ3v) is 22.5. The maximum absolute atomic E-state index is 14.9. The van der Waals surface area contributed by atoms with E-state index in [0.717, 1.165) is 154 Å². The molecule has 18 nitrogen and oxygen atoms in total. The van der Waals surface area contributed by atoms with E-state index in [0.29, 0.717) is 106 Å². The standard InChI is InChI=1S/C108H132O18/c1-7-13-19-25-31-37-67-115-85-55-43-79(44-56-85)103(109)121-97-73-91-92(74-98(97)122-104(110)80-45-57-86(58-46-80)116-68-38-32-26-20-14-8-2)94-76-100(124-106(112)82-49-61-88(62-50-82)118-70-40-34-28-22-16-10-4)102(126-108(114)84-53-65-90(66-54-84)120-72-42-36-30-24-18-12-6)78-96(94)95-77-101(125-107(113)83-51-63-89(64-52-83)119-71-41-35-29-23-17-11-5)99(75-93(91)95)123-105(111)81-47-59-87(60-48-81)117-69-39-33-27-21-15-9-3/h43-66,73-78H,7-42,67-72H2,1-6H3. The maximum Gasteiger partial charge on any atom is 0.343 e. The van der Waals surface area contributed by atoms with Gasteiger partial charge in [-0.15, -0.1) is 0 Å². The Morgan fingerprint density at radius 2 is 0.286 bits per heavy atom. The van der Waals surface area contributed by atoms with Crippen LogP contribution in [-0.4, -0.2) is 75.5 Å². The Hall–Kier alpha value is -11.4. The molecule has 10 aromatic carbocycles. The normalized spacial score (nSPS) is 11.2. The van der Waals surface area contributed by atoms with Crippen LogP contribution in [0.5, 0.6) is 69.0 Å². The van der Waals surface area contributed by atoms with Crippen molar-refractivity contribution < 1.29 is 85.6 Å². The molecule has 672 valence electrons. The van der Waals surface area contributed by atoms with Crippen molar-refractivity contribution in [3.63, 3.8) is 0 Å². The minimum Gasteiger partial charge on any atom is -0.494 e. The molecule has 0 aromatic heterocycles. The van der Waals surface area contributed by atoms with E-state index < -0.39 is 35.8 Å². The number of esters is 6. The Labute approximate surface area is 746 Å². The van der Waals surface area contributed by atoms with Crippen LogP contribution in [0.1, 0.15) is 335 Å². The molecule has 0 aliphatic carbocycles. The zero-order chi connectivity index (χ0) is 88.7. The van der Waals surface area contributed by atoms with E-state index in [1.54, 1.807) is 146 Å². The van der Waals surface area contributed by atoms with Crippen LogP contribution in [0.4, 0.5) is 0 Å². The van der Waals surface area contributed by atoms with E-state index >= 15 is 0 Å². The summed E-state index contributed by atoms with van der Waals surface area (Å²) in [6.07, 6.45) is 39.2. The number of carbonyl (C=O) groups is 6. The summed E-state index contributed by atoms with van der Waals surface area (Å²) in [5, 5.41) is 1.76. The van der Waals surface area contributed by atoms with Gasteiger partial charge in [-0.2, -0.15) is 0 Å². The fourth-order valence-electron chi connectivity index (χ4n) is 15.0. The molecule has 10 rings (SSSR count). The minimum atomic E-state index is -0.820. The van der Waals surface area contributed by atoms with Crippen molar-refractivity contribution in [1.29, 1.82) is 0 Å². The number of ether oxygens (including phenoxy) is 12. The van der Waals surface area contributed by atoms with Crippen LogP contribution in [0, 0.1) is 0 Å². The largest absolute Gasteiger partial charge is 0.494 e. The molecule has 0 atom stereocenters. The predicted octanol–water partition coefficient (Wildman–Crippen LogP) is 28.9. The van der Waals surface area contributed by atoms with Crippen LogP contribution < -0.4 is 56.8 Å². The second-order valence-corrected chi connectivity index (χ2v) is 32.7. The van der Waals surface area contributed by atoms with Gasteiger partial charge in [-0.3, -0.25) is 0 Å². The van der Waals surface area contributed by atoms with E-state index in [-0.39, 0.29) is 67.9 Å². The first-order valence-corrected chi connectivity index (χ1v) is 47.0. The van der Waals surface area contributed by atoms with Crippen LogP contribution in [0.3, 0.4) is 0 Å². The van der Waals surface area contributed by atoms with E-state index in [1.807, 2.05) is 0 Å². The molecule has 10 aromatic rings. The number of unbranched alkanes of at least 4 members (excludes halogenated alkanes) is 30. The average Bonchev–Trinajstić information content (AvgIpc) is 0.721. The molecular weight excluding hydrogens is 1590 g/mol. The Bertz CT molecular complexity index is 4140. The summed E-state index contributed by atoms with van der Waals surface area (Å²) < 4.78 is 75.5. The van der Waals surface area contributed by atoms with Crippen molar-refractivity contribution in [1.82, 2.24) is 0 Å². The van der Waals surface area contributed by atoms with Gasteiger partial charge in [-0.1, -0.05) is 234 Å². The van der Waals surface area contributed by atoms with Gasteiger partial charge in [0.2, 0.25) is 0 Å². The van der Waals surface area contributed by atoms with E-state index in [4.69, 9.17) is 56.8 Å². The number of fused-ring (bicyclic) bond motifs is 6. The lowest BCUT2D eigenvalue weighted by atomic mass is 9.93. The Morgan fingerprint density at radius 3 is 0.413 bits per heavy atom. The first kappa shape index (κ1) is 96.8. The molecule has 0 heterocycles. The zero-order valence-electron chi connectivity index (χ0n) is 75.4. The van der Waals surface area contributed by atoms with Crippen molar-refractivity contribution >= 4 is 68.1 Å². The van der Waals surface area contributed by atoms with Crippen LogP contribution in [-0.2, 0) is 0 Å². The average molecular weight is 1720 g/mol. The molecule has 0 N–H and O–H groups in total. The smallest absolute Gasteiger partial charge is 0.343 e. The highest BCUT2D eigenvalue weighted by molar-refractivity contribution is 6.27. The summed E-state index contributed by atoms with van der Waals surface area (Å²) >= 11 is 0. The molecule has 0 unspecified atom stereocenters. The molecule has 0 bridgehead atoms. The number of rotatable bonds is 60. The van der Waals surface area contributed by atoms with Crippen LogP contribution in [0.25, 0.3) is 32.3 Å². The number of hydrogen-bond donors (Lipinski definition) is 0. The first-order chi connectivity index (χ1) is 61.8. The van der Waals surface area contributed by atoms with Crippen molar-refractivity contribution in [3.8, 4) is 69.0 Å². The van der Waals surface area contributed by atoms with Gasteiger partial charge >= 0.3 is 35.8 Å². The van der Waals surface area contributed by atoms with Crippen LogP contribution in [0.15, 0.2) is 182 Å². The Kier molecular flexibility index (Phi) is 41.9. The topological polar surface area (TPSA) is 213 Å². The highest BCUT2D eigenvalue weighted by atomic mass is 16.6. The van der Waals surface area contributed by atoms with E-state index in [2.05, 4.69) is 41.5 Å². The summed E-state index contributed by atoms with van der Waals surface area (Å²) in [6.45, 7) is 16.1. The molecule has 0 saturated heterocycles. The molecule has 126 heavy (non-hydrogen) atoms. The number of hydrogen-bond acceptors (Lipinski definition) is 18. The Morgan fingerprint density at radius 1 is 0.167 bits per heavy atom. The molecule has 18 heteroatoms. The highest BCUT2D eigenvalue weighted by Gasteiger charge is 2.28. The summed E-state index contributed by atoms with van der Waals surface area (Å²) in [4.78, 5) is 89.7. The monoisotopic (exact) mass is 1720 g/mol. The fraction of sp³-hybridized carbons (Fsp3) is 0.444. The summed E-state index contributed by atoms with van der Waals surface area (Å²) in [5.74, 6) is -2.84. The van der Waals surface area contributed by atoms with Crippen LogP contribution in [0.2, 0.25) is 0 Å². The third-order valence-electron chi connectivity index (χ3n) is 22.5. The highest BCUT2D eigenvalue weighted by Crippen LogP contribution is 2.48. The summed E-state index contributed by atoms with van der Waals surface area (Å²) in [5.41, 5.74) is 0.857. The molecule has 0 spiro atoms. The van der Waals surface area contributed by atoms with Gasteiger partial charge in [0.25, 0.3) is 0 Å². The summed E-state index contributed by atoms with van der Waals surface area (Å²) in [6, 6.07) is 48.7. The lowest BCUT2D eigenvalue weighted by Gasteiger charge is -2.19. The van der Waals surface area contributed by atoms with Gasteiger partial charge in [0.15, 0.2) is 34.5 Å². The summed E-state index contributed by atoms with van der Waals surface area (Å²) in [7, 11) is 0. The van der Waals surface area contributed by atoms with Crippen molar-refractivity contribution in [2.75, 3.05) is 39.6 Å². The second-order valence-electron chi connectivity index (χ2n) is 32.7. The van der Waals surface area contributed by atoms with Gasteiger partial charge in [0.05, 0.1) is 73.0 Å². The third kappa shape index (κ3) is 31.6. The van der Waals surface area contributed by atoms with Gasteiger partial charge < -0.3 is 56.8 Å². The fourth-order valence-corrected chi connectivity index (χ4v) is 15.0. The van der Waals surface area contributed by atoms with Crippen molar-refractivity contribution in [3.05, 3.63) is 215 Å². The number of benzene rings is 10. The van der Waals surface area contributed by atoms with Gasteiger partial charge in [0, 0.05) is 0 Å². The molecular formula is C108H132O18. The van der Waals surface area contributed by atoms with Crippen molar-refractivity contribution in [2.45, 2.75) is 273 Å². The van der Waals surface area contributed by atoms with Gasteiger partial charge in [0.1, 0.15) is 34.5 Å². The molecule has 0 radical (unpaired) electrons. The van der Waals surface area contributed by atoms with Crippen LogP contribution >= 0.6 is 0 Å². The molecule has 0 aliphatic heterocycles. The van der Waals surface area contributed by atoms with E-state index in [9.17, 15) is 28.8 Å². The predicted molar refractivity (Wildman–Crippen MR) is 501 cm³/mol. The lowest BCUT2D eigenvalue weighted by molar-refractivity contribution is 0.0682. The van der Waals surface area contributed by atoms with Gasteiger partial charge in [-0.05, 0) is 253 Å². The SMILES string of the molecule is CCCCCCCCOc1ccc(C(=O)Oc2cc3c4cc(OC(=O)c5ccc(OCCCCCCCC)cc5)c(OC(=O)c5ccc(OCCCCCCCC)cc5)cc4c4cc(OC(=O)c5ccc(OCCCCCCCC)cc5)c(OC(=O)c5ccc(OCCCCCCCC)cc5)cc4c3cc2OC(=O)c2ccc(OCCCCCCCC)cc2)cc1. The quantitative estimate of drug-likeness (QED) is 0.0150. The molecule has 0 aliphatic rings. The maximum atomic E-state index is 14.9. The zero-order valence-corrected chi connectivity index (χ0v) is 75.4. The van der Waals surface area contributed by atoms with Crippen molar-refractivity contribution in [2.24, 2.45) is 0 Å². The number of carbonyl (C=O) groups excluding carboxylic acids is 6. The van der Waals surface area contributed by atoms with Gasteiger partial charge in [-0.25, -0.2) is 28.8 Å². The minimum absolute atomic E-state index is 0.143. The molecule has 0 saturated carbocycles. The lowest BCUT2D eigenvalue weighted by Crippen LogP contribution is -2.14. The molecule has 0 amide bonds.